The van der Waals surface area contributed by atoms with Gasteiger partial charge in [-0.05, 0) is 49.5 Å². The van der Waals surface area contributed by atoms with Crippen LogP contribution in [0.3, 0.4) is 0 Å². The maximum atomic E-state index is 9.97. The molecule has 4 rings (SSSR count). The summed E-state index contributed by atoms with van der Waals surface area (Å²) in [5.74, 6) is 0.826. The van der Waals surface area contributed by atoms with Gasteiger partial charge in [0.15, 0.2) is 0 Å². The molecule has 1 aliphatic carbocycles. The molecule has 1 saturated carbocycles. The standard InChI is InChI=1S/C21H24N2O3/c1-2-17-20(24)7-4-8-21(17)26-13-15-10-12-25-14-18(15)19-9-11-22-23(19)16-5-3-6-16/h2,4,7-9,11,16,24H,1,3,5-6,10,12-14H2. The van der Waals surface area contributed by atoms with Crippen LogP contribution in [0.25, 0.3) is 11.6 Å². The zero-order valence-corrected chi connectivity index (χ0v) is 14.9. The zero-order chi connectivity index (χ0) is 17.9. The second kappa shape index (κ2) is 7.38. The number of aromatic nitrogens is 2. The van der Waals surface area contributed by atoms with Gasteiger partial charge in [0.05, 0.1) is 30.5 Å². The van der Waals surface area contributed by atoms with Gasteiger partial charge in [0.25, 0.3) is 0 Å². The highest BCUT2D eigenvalue weighted by atomic mass is 16.5. The monoisotopic (exact) mass is 352 g/mol. The molecule has 5 heteroatoms. The van der Waals surface area contributed by atoms with Crippen molar-refractivity contribution in [2.24, 2.45) is 0 Å². The number of aromatic hydroxyl groups is 1. The van der Waals surface area contributed by atoms with Gasteiger partial charge >= 0.3 is 0 Å². The maximum Gasteiger partial charge on any atom is 0.130 e. The summed E-state index contributed by atoms with van der Waals surface area (Å²) in [4.78, 5) is 0. The molecule has 136 valence electrons. The van der Waals surface area contributed by atoms with Crippen molar-refractivity contribution in [3.05, 3.63) is 53.9 Å². The fourth-order valence-electron chi connectivity index (χ4n) is 3.54. The van der Waals surface area contributed by atoms with E-state index in [1.807, 2.05) is 12.3 Å². The number of rotatable bonds is 6. The van der Waals surface area contributed by atoms with Crippen LogP contribution in [-0.2, 0) is 4.74 Å². The number of hydrogen-bond acceptors (Lipinski definition) is 4. The molecule has 5 nitrogen and oxygen atoms in total. The molecule has 2 aromatic rings. The first kappa shape index (κ1) is 16.9. The van der Waals surface area contributed by atoms with Gasteiger partial charge in [0.2, 0.25) is 0 Å². The van der Waals surface area contributed by atoms with Crippen molar-refractivity contribution >= 4 is 11.6 Å². The van der Waals surface area contributed by atoms with E-state index in [-0.39, 0.29) is 5.75 Å². The van der Waals surface area contributed by atoms with Gasteiger partial charge in [-0.15, -0.1) is 0 Å². The van der Waals surface area contributed by atoms with E-state index in [2.05, 4.69) is 22.4 Å². The third-order valence-corrected chi connectivity index (χ3v) is 5.27. The molecule has 0 spiro atoms. The van der Waals surface area contributed by atoms with Crippen molar-refractivity contribution in [2.45, 2.75) is 31.7 Å². The highest BCUT2D eigenvalue weighted by Gasteiger charge is 2.25. The molecular formula is C21H24N2O3. The molecule has 1 fully saturated rings. The van der Waals surface area contributed by atoms with Crippen molar-refractivity contribution < 1.29 is 14.6 Å². The number of phenolic OH excluding ortho intramolecular Hbond substituents is 1. The Balaban J connectivity index is 1.60. The van der Waals surface area contributed by atoms with Crippen LogP contribution in [0.5, 0.6) is 11.5 Å². The molecule has 0 unspecified atom stereocenters. The minimum atomic E-state index is 0.182. The number of hydrogen-bond donors (Lipinski definition) is 1. The molecule has 1 aromatic heterocycles. The predicted octanol–water partition coefficient (Wildman–Crippen LogP) is 4.21. The average molecular weight is 352 g/mol. The van der Waals surface area contributed by atoms with E-state index in [0.29, 0.717) is 37.2 Å². The molecule has 2 aliphatic rings. The van der Waals surface area contributed by atoms with Crippen LogP contribution in [0.4, 0.5) is 0 Å². The predicted molar refractivity (Wildman–Crippen MR) is 101 cm³/mol. The average Bonchev–Trinajstić information content (AvgIpc) is 3.07. The van der Waals surface area contributed by atoms with Crippen LogP contribution >= 0.6 is 0 Å². The van der Waals surface area contributed by atoms with E-state index in [0.717, 1.165) is 12.1 Å². The highest BCUT2D eigenvalue weighted by Crippen LogP contribution is 2.35. The van der Waals surface area contributed by atoms with E-state index in [9.17, 15) is 5.11 Å². The van der Waals surface area contributed by atoms with Gasteiger partial charge < -0.3 is 14.6 Å². The van der Waals surface area contributed by atoms with Crippen molar-refractivity contribution in [1.82, 2.24) is 9.78 Å². The summed E-state index contributed by atoms with van der Waals surface area (Å²) in [5.41, 5.74) is 4.19. The summed E-state index contributed by atoms with van der Waals surface area (Å²) < 4.78 is 13.9. The summed E-state index contributed by atoms with van der Waals surface area (Å²) in [7, 11) is 0. The van der Waals surface area contributed by atoms with E-state index < -0.39 is 0 Å². The number of nitrogens with zero attached hydrogens (tertiary/aromatic N) is 2. The number of benzene rings is 1. The topological polar surface area (TPSA) is 56.5 Å². The lowest BCUT2D eigenvalue weighted by Gasteiger charge is -2.29. The Morgan fingerprint density at radius 3 is 3.00 bits per heavy atom. The van der Waals surface area contributed by atoms with Gasteiger partial charge in [-0.2, -0.15) is 5.10 Å². The summed E-state index contributed by atoms with van der Waals surface area (Å²) in [6, 6.07) is 7.86. The maximum absolute atomic E-state index is 9.97. The zero-order valence-electron chi connectivity index (χ0n) is 14.9. The van der Waals surface area contributed by atoms with Crippen LogP contribution in [0.1, 0.15) is 43.0 Å². The van der Waals surface area contributed by atoms with E-state index in [4.69, 9.17) is 9.47 Å². The molecule has 0 bridgehead atoms. The van der Waals surface area contributed by atoms with Crippen LogP contribution in [0.2, 0.25) is 0 Å². The molecule has 0 radical (unpaired) electrons. The molecule has 2 heterocycles. The van der Waals surface area contributed by atoms with Crippen molar-refractivity contribution in [2.75, 3.05) is 19.8 Å². The fourth-order valence-corrected chi connectivity index (χ4v) is 3.54. The highest BCUT2D eigenvalue weighted by molar-refractivity contribution is 5.68. The third-order valence-electron chi connectivity index (χ3n) is 5.27. The lowest BCUT2D eigenvalue weighted by atomic mass is 9.92. The Bertz CT molecular complexity index is 834. The van der Waals surface area contributed by atoms with Crippen molar-refractivity contribution in [3.8, 4) is 11.5 Å². The minimum Gasteiger partial charge on any atom is -0.507 e. The summed E-state index contributed by atoms with van der Waals surface area (Å²) in [6.07, 6.45) is 8.00. The number of phenols is 1. The smallest absolute Gasteiger partial charge is 0.130 e. The molecule has 1 aliphatic heterocycles. The molecule has 1 N–H and O–H groups in total. The lowest BCUT2D eigenvalue weighted by molar-refractivity contribution is 0.155. The van der Waals surface area contributed by atoms with E-state index in [1.165, 1.54) is 30.4 Å². The normalized spacial score (nSPS) is 17.8. The SMILES string of the molecule is C=Cc1c(O)cccc1OCC1=C(c2ccnn2C2CCC2)COCC1. The molecule has 26 heavy (non-hydrogen) atoms. The van der Waals surface area contributed by atoms with Crippen molar-refractivity contribution in [3.63, 3.8) is 0 Å². The third kappa shape index (κ3) is 3.15. The van der Waals surface area contributed by atoms with Gasteiger partial charge in [0.1, 0.15) is 18.1 Å². The lowest BCUT2D eigenvalue weighted by Crippen LogP contribution is -2.23. The quantitative estimate of drug-likeness (QED) is 0.846. The van der Waals surface area contributed by atoms with Gasteiger partial charge in [-0.25, -0.2) is 0 Å². The van der Waals surface area contributed by atoms with Crippen LogP contribution in [0.15, 0.2) is 42.6 Å². The minimum absolute atomic E-state index is 0.182. The van der Waals surface area contributed by atoms with Gasteiger partial charge in [-0.3, -0.25) is 4.68 Å². The first-order valence-electron chi connectivity index (χ1n) is 9.17. The summed E-state index contributed by atoms with van der Waals surface area (Å²) >= 11 is 0. The first-order chi connectivity index (χ1) is 12.8. The molecular weight excluding hydrogens is 328 g/mol. The molecule has 1 aromatic carbocycles. The van der Waals surface area contributed by atoms with E-state index in [1.54, 1.807) is 18.2 Å². The number of ether oxygens (including phenoxy) is 2. The van der Waals surface area contributed by atoms with Crippen LogP contribution < -0.4 is 4.74 Å². The van der Waals surface area contributed by atoms with E-state index >= 15 is 0 Å². The Morgan fingerprint density at radius 1 is 1.35 bits per heavy atom. The largest absolute Gasteiger partial charge is 0.507 e. The Labute approximate surface area is 153 Å². The first-order valence-corrected chi connectivity index (χ1v) is 9.17. The second-order valence-electron chi connectivity index (χ2n) is 6.81. The second-order valence-corrected chi connectivity index (χ2v) is 6.81. The van der Waals surface area contributed by atoms with Crippen LogP contribution in [0, 0.1) is 0 Å². The summed E-state index contributed by atoms with van der Waals surface area (Å²) in [6.45, 7) is 5.53. The molecule has 0 atom stereocenters. The molecule has 0 saturated heterocycles. The van der Waals surface area contributed by atoms with Crippen LogP contribution in [-0.4, -0.2) is 34.7 Å². The Morgan fingerprint density at radius 2 is 2.23 bits per heavy atom. The summed E-state index contributed by atoms with van der Waals surface area (Å²) in [5, 5.41) is 14.5. The van der Waals surface area contributed by atoms with Crippen molar-refractivity contribution in [1.29, 1.82) is 0 Å². The Hall–Kier alpha value is -2.53. The van der Waals surface area contributed by atoms with Gasteiger partial charge in [0, 0.05) is 11.8 Å². The van der Waals surface area contributed by atoms with Gasteiger partial charge in [-0.1, -0.05) is 18.7 Å². The fraction of sp³-hybridized carbons (Fsp3) is 0.381. The Kier molecular flexibility index (Phi) is 4.80. The molecule has 0 amide bonds.